The topological polar surface area (TPSA) is 36.9 Å². The van der Waals surface area contributed by atoms with Gasteiger partial charge in [0.25, 0.3) is 0 Å². The van der Waals surface area contributed by atoms with Crippen LogP contribution in [0.25, 0.3) is 0 Å². The van der Waals surface area contributed by atoms with Gasteiger partial charge in [0.1, 0.15) is 6.33 Å². The molecule has 1 aromatic heterocycles. The summed E-state index contributed by atoms with van der Waals surface area (Å²) in [6.07, 6.45) is 1.73. The van der Waals surface area contributed by atoms with Crippen LogP contribution in [0.3, 0.4) is 0 Å². The molecular weight excluding hydrogens is 172 g/mol. The van der Waals surface area contributed by atoms with Crippen molar-refractivity contribution in [1.82, 2.24) is 19.7 Å². The van der Waals surface area contributed by atoms with E-state index in [0.29, 0.717) is 10.8 Å². The van der Waals surface area contributed by atoms with Crippen LogP contribution in [0.4, 0.5) is 0 Å². The molecule has 12 heavy (non-hydrogen) atoms. The highest BCUT2D eigenvalue weighted by molar-refractivity contribution is 7.71. The first-order valence-corrected chi connectivity index (χ1v) is 4.28. The Kier molecular flexibility index (Phi) is 2.99. The lowest BCUT2D eigenvalue weighted by Crippen LogP contribution is -2.22. The molecule has 1 atom stereocenters. The van der Waals surface area contributed by atoms with Crippen molar-refractivity contribution in [3.63, 3.8) is 0 Å². The van der Waals surface area contributed by atoms with Gasteiger partial charge in [-0.05, 0) is 33.2 Å². The lowest BCUT2D eigenvalue weighted by atomic mass is 10.3. The van der Waals surface area contributed by atoms with Crippen molar-refractivity contribution in [3.05, 3.63) is 11.1 Å². The first kappa shape index (κ1) is 9.41. The fourth-order valence-corrected chi connectivity index (χ4v) is 1.47. The Morgan fingerprint density at radius 1 is 1.75 bits per heavy atom. The maximum atomic E-state index is 5.04. The lowest BCUT2D eigenvalue weighted by molar-refractivity contribution is 0.335. The Morgan fingerprint density at radius 3 is 2.83 bits per heavy atom. The zero-order valence-corrected chi connectivity index (χ0v) is 8.43. The van der Waals surface area contributed by atoms with E-state index in [1.54, 1.807) is 6.33 Å². The molecule has 68 valence electrons. The Labute approximate surface area is 77.2 Å². The van der Waals surface area contributed by atoms with Crippen molar-refractivity contribution in [1.29, 1.82) is 0 Å². The van der Waals surface area contributed by atoms with Crippen molar-refractivity contribution >= 4 is 12.2 Å². The molecule has 0 saturated carbocycles. The fraction of sp³-hybridized carbons (Fsp3) is 0.714. The molecule has 1 heterocycles. The standard InChI is InChI=1S/C7H14N4S/c1-6(4-10(2)3)11-5-8-9-7(11)12/h5-6H,4H2,1-3H3,(H,9,12). The first-order valence-electron chi connectivity index (χ1n) is 3.87. The maximum absolute atomic E-state index is 5.04. The molecule has 0 aliphatic rings. The molecule has 1 N–H and O–H groups in total. The number of nitrogens with one attached hydrogen (secondary N) is 1. The number of aromatic amines is 1. The highest BCUT2D eigenvalue weighted by Crippen LogP contribution is 2.04. The molecule has 0 fully saturated rings. The Morgan fingerprint density at radius 2 is 2.42 bits per heavy atom. The predicted octanol–water partition coefficient (Wildman–Crippen LogP) is 1.06. The number of aromatic nitrogens is 3. The molecule has 1 rings (SSSR count). The molecule has 1 unspecified atom stereocenters. The molecule has 4 nitrogen and oxygen atoms in total. The largest absolute Gasteiger partial charge is 0.307 e. The van der Waals surface area contributed by atoms with Gasteiger partial charge < -0.3 is 9.47 Å². The third-order valence-corrected chi connectivity index (χ3v) is 1.98. The SMILES string of the molecule is CC(CN(C)C)n1cn[nH]c1=S. The fourth-order valence-electron chi connectivity index (χ4n) is 1.19. The lowest BCUT2D eigenvalue weighted by Gasteiger charge is -2.17. The quantitative estimate of drug-likeness (QED) is 0.717. The van der Waals surface area contributed by atoms with Crippen molar-refractivity contribution in [2.24, 2.45) is 0 Å². The van der Waals surface area contributed by atoms with Gasteiger partial charge in [0.2, 0.25) is 0 Å². The molecule has 0 radical (unpaired) electrons. The zero-order chi connectivity index (χ0) is 9.14. The highest BCUT2D eigenvalue weighted by Gasteiger charge is 2.05. The number of likely N-dealkylation sites (N-methyl/N-ethyl adjacent to an activating group) is 1. The summed E-state index contributed by atoms with van der Waals surface area (Å²) in [4.78, 5) is 2.12. The summed E-state index contributed by atoms with van der Waals surface area (Å²) >= 11 is 5.04. The normalized spacial score (nSPS) is 13.7. The Bertz CT molecular complexity index is 288. The van der Waals surface area contributed by atoms with Crippen molar-refractivity contribution < 1.29 is 0 Å². The minimum Gasteiger partial charge on any atom is -0.307 e. The number of hydrogen-bond acceptors (Lipinski definition) is 3. The van der Waals surface area contributed by atoms with E-state index in [4.69, 9.17) is 12.2 Å². The van der Waals surface area contributed by atoms with Gasteiger partial charge >= 0.3 is 0 Å². The van der Waals surface area contributed by atoms with Gasteiger partial charge in [-0.25, -0.2) is 0 Å². The third kappa shape index (κ3) is 2.15. The summed E-state index contributed by atoms with van der Waals surface area (Å²) in [6.45, 7) is 3.08. The van der Waals surface area contributed by atoms with Crippen molar-refractivity contribution in [2.75, 3.05) is 20.6 Å². The van der Waals surface area contributed by atoms with E-state index in [1.165, 1.54) is 0 Å². The molecule has 0 amide bonds. The van der Waals surface area contributed by atoms with E-state index in [9.17, 15) is 0 Å². The van der Waals surface area contributed by atoms with E-state index in [0.717, 1.165) is 6.54 Å². The Hall–Kier alpha value is -0.680. The van der Waals surface area contributed by atoms with Crippen LogP contribution in [-0.2, 0) is 0 Å². The summed E-state index contributed by atoms with van der Waals surface area (Å²) < 4.78 is 2.64. The van der Waals surface area contributed by atoms with Crippen LogP contribution in [0, 0.1) is 4.77 Å². The van der Waals surface area contributed by atoms with Gasteiger partial charge in [0.15, 0.2) is 4.77 Å². The average molecular weight is 186 g/mol. The monoisotopic (exact) mass is 186 g/mol. The van der Waals surface area contributed by atoms with Crippen LogP contribution < -0.4 is 0 Å². The molecule has 0 spiro atoms. The molecule has 0 aromatic carbocycles. The van der Waals surface area contributed by atoms with E-state index in [2.05, 4.69) is 22.0 Å². The summed E-state index contributed by atoms with van der Waals surface area (Å²) in [5, 5.41) is 6.60. The number of rotatable bonds is 3. The third-order valence-electron chi connectivity index (χ3n) is 1.68. The van der Waals surface area contributed by atoms with Crippen molar-refractivity contribution in [3.8, 4) is 0 Å². The van der Waals surface area contributed by atoms with E-state index < -0.39 is 0 Å². The molecule has 0 aliphatic carbocycles. The Balaban J connectivity index is 2.71. The molecule has 0 bridgehead atoms. The second-order valence-electron chi connectivity index (χ2n) is 3.18. The van der Waals surface area contributed by atoms with Crippen LogP contribution in [-0.4, -0.2) is 40.3 Å². The van der Waals surface area contributed by atoms with Crippen LogP contribution in [0.5, 0.6) is 0 Å². The summed E-state index contributed by atoms with van der Waals surface area (Å²) in [7, 11) is 4.08. The van der Waals surface area contributed by atoms with Crippen LogP contribution in [0.1, 0.15) is 13.0 Å². The first-order chi connectivity index (χ1) is 5.61. The minimum absolute atomic E-state index is 0.367. The molecule has 0 aliphatic heterocycles. The van der Waals surface area contributed by atoms with Gasteiger partial charge in [-0.3, -0.25) is 5.10 Å². The predicted molar refractivity (Wildman–Crippen MR) is 50.7 cm³/mol. The number of nitrogens with zero attached hydrogens (tertiary/aromatic N) is 3. The molecule has 0 saturated heterocycles. The van der Waals surface area contributed by atoms with E-state index >= 15 is 0 Å². The van der Waals surface area contributed by atoms with E-state index in [-0.39, 0.29) is 0 Å². The van der Waals surface area contributed by atoms with Gasteiger partial charge in [0.05, 0.1) is 0 Å². The second kappa shape index (κ2) is 3.82. The van der Waals surface area contributed by atoms with Gasteiger partial charge in [-0.2, -0.15) is 5.10 Å². The van der Waals surface area contributed by atoms with Gasteiger partial charge in [0, 0.05) is 12.6 Å². The van der Waals surface area contributed by atoms with Gasteiger partial charge in [-0.1, -0.05) is 0 Å². The summed E-state index contributed by atoms with van der Waals surface area (Å²) in [5.41, 5.74) is 0. The molecular formula is C7H14N4S. The molecule has 5 heteroatoms. The van der Waals surface area contributed by atoms with Gasteiger partial charge in [-0.15, -0.1) is 0 Å². The zero-order valence-electron chi connectivity index (χ0n) is 7.61. The van der Waals surface area contributed by atoms with Crippen molar-refractivity contribution in [2.45, 2.75) is 13.0 Å². The van der Waals surface area contributed by atoms with E-state index in [1.807, 2.05) is 18.7 Å². The summed E-state index contributed by atoms with van der Waals surface area (Å²) in [5.74, 6) is 0. The van der Waals surface area contributed by atoms with Crippen LogP contribution in [0.2, 0.25) is 0 Å². The number of H-pyrrole nitrogens is 1. The summed E-state index contributed by atoms with van der Waals surface area (Å²) in [6, 6.07) is 0.367. The second-order valence-corrected chi connectivity index (χ2v) is 3.57. The highest BCUT2D eigenvalue weighted by atomic mass is 32.1. The smallest absolute Gasteiger partial charge is 0.195 e. The van der Waals surface area contributed by atoms with Crippen LogP contribution >= 0.6 is 12.2 Å². The average Bonchev–Trinajstić information content (AvgIpc) is 2.33. The van der Waals surface area contributed by atoms with Crippen LogP contribution in [0.15, 0.2) is 6.33 Å². The minimum atomic E-state index is 0.367. The number of hydrogen-bond donors (Lipinski definition) is 1. The maximum Gasteiger partial charge on any atom is 0.195 e. The molecule has 1 aromatic rings.